The molecule has 1 fully saturated rings. The molecule has 1 aromatic rings. The Morgan fingerprint density at radius 1 is 0.974 bits per heavy atom. The van der Waals surface area contributed by atoms with Crippen molar-refractivity contribution in [3.05, 3.63) is 47.2 Å². The molecule has 0 heterocycles. The summed E-state index contributed by atoms with van der Waals surface area (Å²) in [6, 6.07) is 4.93. The van der Waals surface area contributed by atoms with Crippen molar-refractivity contribution in [2.75, 3.05) is 6.54 Å². The van der Waals surface area contributed by atoms with Crippen LogP contribution in [0.25, 0.3) is 0 Å². The average molecular weight is 550 g/mol. The Morgan fingerprint density at radius 3 is 2.26 bits per heavy atom. The minimum absolute atomic E-state index is 0.445. The lowest BCUT2D eigenvalue weighted by atomic mass is 9.79. The summed E-state index contributed by atoms with van der Waals surface area (Å²) in [5.74, 6) is 3.39. The van der Waals surface area contributed by atoms with E-state index < -0.39 is 11.7 Å². The van der Waals surface area contributed by atoms with Crippen LogP contribution in [0, 0.1) is 35.5 Å². The van der Waals surface area contributed by atoms with Gasteiger partial charge in [0, 0.05) is 18.2 Å². The molecule has 2 rings (SSSR count). The fraction of sp³-hybridized carbons (Fsp3) is 0.771. The molecule has 0 radical (unpaired) electrons. The van der Waals surface area contributed by atoms with Crippen molar-refractivity contribution in [1.82, 2.24) is 5.32 Å². The van der Waals surface area contributed by atoms with Gasteiger partial charge in [0.1, 0.15) is 0 Å². The number of aryl methyl sites for hydroxylation is 1. The lowest BCUT2D eigenvalue weighted by Gasteiger charge is -2.29. The van der Waals surface area contributed by atoms with Crippen LogP contribution in [-0.4, -0.2) is 6.54 Å². The highest BCUT2D eigenvalue weighted by Gasteiger charge is 2.33. The zero-order valence-corrected chi connectivity index (χ0v) is 25.9. The summed E-state index contributed by atoms with van der Waals surface area (Å²) >= 11 is 0. The Labute approximate surface area is 238 Å². The Morgan fingerprint density at radius 2 is 1.67 bits per heavy atom. The van der Waals surface area contributed by atoms with E-state index in [0.29, 0.717) is 41.6 Å². The monoisotopic (exact) mass is 549 g/mol. The Balaban J connectivity index is 1.98. The molecule has 0 amide bonds. The van der Waals surface area contributed by atoms with E-state index in [-0.39, 0.29) is 0 Å². The molecule has 1 nitrogen and oxygen atoms in total. The number of hydrogen-bond acceptors (Lipinski definition) is 1. The molecule has 4 heteroatoms. The molecule has 3 atom stereocenters. The minimum atomic E-state index is -4.28. The van der Waals surface area contributed by atoms with Crippen LogP contribution in [0.15, 0.2) is 30.5 Å². The van der Waals surface area contributed by atoms with Crippen LogP contribution in [-0.2, 0) is 19.0 Å². The zero-order chi connectivity index (χ0) is 29.0. The summed E-state index contributed by atoms with van der Waals surface area (Å²) in [6.45, 7) is 19.1. The van der Waals surface area contributed by atoms with Gasteiger partial charge in [-0.05, 0) is 91.7 Å². The van der Waals surface area contributed by atoms with Crippen LogP contribution >= 0.6 is 0 Å². The molecule has 0 bridgehead atoms. The van der Waals surface area contributed by atoms with Crippen molar-refractivity contribution >= 4 is 0 Å². The van der Waals surface area contributed by atoms with Crippen LogP contribution in [0.4, 0.5) is 13.2 Å². The molecule has 0 spiro atoms. The Hall–Kier alpha value is -1.45. The second-order valence-corrected chi connectivity index (χ2v) is 13.3. The van der Waals surface area contributed by atoms with E-state index in [1.807, 2.05) is 6.07 Å². The second-order valence-electron chi connectivity index (χ2n) is 13.3. The van der Waals surface area contributed by atoms with Crippen molar-refractivity contribution in [3.63, 3.8) is 0 Å². The number of hydrogen-bond donors (Lipinski definition) is 1. The number of nitrogens with one attached hydrogen (secondary N) is 1. The standard InChI is InChI=1S/C35H58F3N/c1-8-9-10-11-16-32-23-30(18-20-34(32)35(36,37)38)22-31(25(2)3)19-17-27(6)21-33(26(4)5)28(7)39-24-29-14-12-13-15-29/h18,20,23,25-27,29,31,33,39H,7-17,19,21-22,24H2,1-6H3/t27-,31?,33?/m1/s1. The molecule has 39 heavy (non-hydrogen) atoms. The van der Waals surface area contributed by atoms with Gasteiger partial charge in [-0.15, -0.1) is 0 Å². The van der Waals surface area contributed by atoms with Gasteiger partial charge in [-0.25, -0.2) is 0 Å². The smallest absolute Gasteiger partial charge is 0.388 e. The molecule has 2 unspecified atom stereocenters. The minimum Gasteiger partial charge on any atom is -0.388 e. The van der Waals surface area contributed by atoms with Crippen molar-refractivity contribution in [2.45, 2.75) is 131 Å². The molecule has 0 aliphatic heterocycles. The maximum absolute atomic E-state index is 13.7. The van der Waals surface area contributed by atoms with Gasteiger partial charge in [0.15, 0.2) is 0 Å². The van der Waals surface area contributed by atoms with Gasteiger partial charge in [-0.3, -0.25) is 0 Å². The first-order valence-electron chi connectivity index (χ1n) is 16.0. The number of benzene rings is 1. The van der Waals surface area contributed by atoms with E-state index in [0.717, 1.165) is 69.4 Å². The van der Waals surface area contributed by atoms with Crippen LogP contribution < -0.4 is 5.32 Å². The highest BCUT2D eigenvalue weighted by Crippen LogP contribution is 2.35. The van der Waals surface area contributed by atoms with Gasteiger partial charge in [-0.1, -0.05) is 98.8 Å². The lowest BCUT2D eigenvalue weighted by molar-refractivity contribution is -0.138. The summed E-state index contributed by atoms with van der Waals surface area (Å²) in [6.07, 6.45) is 9.89. The van der Waals surface area contributed by atoms with E-state index in [2.05, 4.69) is 53.4 Å². The highest BCUT2D eigenvalue weighted by molar-refractivity contribution is 5.34. The molecule has 0 saturated heterocycles. The second kappa shape index (κ2) is 16.7. The van der Waals surface area contributed by atoms with Gasteiger partial charge in [0.25, 0.3) is 0 Å². The summed E-state index contributed by atoms with van der Waals surface area (Å²) in [4.78, 5) is 0. The molecule has 1 aliphatic rings. The van der Waals surface area contributed by atoms with Gasteiger partial charge < -0.3 is 5.32 Å². The van der Waals surface area contributed by atoms with Gasteiger partial charge >= 0.3 is 6.18 Å². The maximum atomic E-state index is 13.7. The third-order valence-electron chi connectivity index (χ3n) is 9.25. The Kier molecular flexibility index (Phi) is 14.5. The van der Waals surface area contributed by atoms with Crippen LogP contribution in [0.5, 0.6) is 0 Å². The van der Waals surface area contributed by atoms with E-state index in [4.69, 9.17) is 0 Å². The molecule has 1 saturated carbocycles. The normalized spacial score (nSPS) is 17.1. The number of unbranched alkanes of at least 4 members (excludes halogenated alkanes) is 3. The average Bonchev–Trinajstić information content (AvgIpc) is 3.39. The molecular weight excluding hydrogens is 491 g/mol. The fourth-order valence-electron chi connectivity index (χ4n) is 6.46. The summed E-state index contributed by atoms with van der Waals surface area (Å²) < 4.78 is 41.1. The predicted molar refractivity (Wildman–Crippen MR) is 162 cm³/mol. The highest BCUT2D eigenvalue weighted by atomic mass is 19.4. The summed E-state index contributed by atoms with van der Waals surface area (Å²) in [7, 11) is 0. The van der Waals surface area contributed by atoms with Crippen LogP contribution in [0.2, 0.25) is 0 Å². The van der Waals surface area contributed by atoms with Crippen LogP contribution in [0.1, 0.15) is 129 Å². The quantitative estimate of drug-likeness (QED) is 0.180. The van der Waals surface area contributed by atoms with E-state index in [9.17, 15) is 13.2 Å². The van der Waals surface area contributed by atoms with E-state index in [1.54, 1.807) is 6.07 Å². The summed E-state index contributed by atoms with van der Waals surface area (Å²) in [5, 5.41) is 3.69. The first-order chi connectivity index (χ1) is 18.4. The van der Waals surface area contributed by atoms with Crippen molar-refractivity contribution in [3.8, 4) is 0 Å². The summed E-state index contributed by atoms with van der Waals surface area (Å²) in [5.41, 5.74) is 2.30. The molecule has 0 aromatic heterocycles. The van der Waals surface area contributed by atoms with E-state index >= 15 is 0 Å². The third kappa shape index (κ3) is 11.9. The molecule has 224 valence electrons. The predicted octanol–water partition coefficient (Wildman–Crippen LogP) is 11.0. The number of halogens is 3. The van der Waals surface area contributed by atoms with E-state index in [1.165, 1.54) is 37.4 Å². The first-order valence-corrected chi connectivity index (χ1v) is 16.0. The van der Waals surface area contributed by atoms with Crippen molar-refractivity contribution in [2.24, 2.45) is 35.5 Å². The molecule has 1 N–H and O–H groups in total. The lowest BCUT2D eigenvalue weighted by Crippen LogP contribution is -2.28. The van der Waals surface area contributed by atoms with Gasteiger partial charge in [-0.2, -0.15) is 13.2 Å². The molecule has 1 aromatic carbocycles. The largest absolute Gasteiger partial charge is 0.416 e. The van der Waals surface area contributed by atoms with Crippen molar-refractivity contribution < 1.29 is 13.2 Å². The SMILES string of the molecule is C=C(NCC1CCCC1)C(C[C@H](C)CCC(Cc1ccc(C(F)(F)F)c(CCCCCC)c1)C(C)C)C(C)C. The number of alkyl halides is 3. The topological polar surface area (TPSA) is 12.0 Å². The third-order valence-corrected chi connectivity index (χ3v) is 9.25. The molecular formula is C35H58F3N. The number of rotatable bonds is 18. The van der Waals surface area contributed by atoms with Crippen molar-refractivity contribution in [1.29, 1.82) is 0 Å². The first kappa shape index (κ1) is 33.8. The number of allylic oxidation sites excluding steroid dienone is 1. The Bertz CT molecular complexity index is 835. The zero-order valence-electron chi connectivity index (χ0n) is 25.9. The van der Waals surface area contributed by atoms with Gasteiger partial charge in [0.05, 0.1) is 5.56 Å². The molecule has 1 aliphatic carbocycles. The maximum Gasteiger partial charge on any atom is 0.416 e. The van der Waals surface area contributed by atoms with Gasteiger partial charge in [0.2, 0.25) is 0 Å². The van der Waals surface area contributed by atoms with Crippen LogP contribution in [0.3, 0.4) is 0 Å². The fourth-order valence-corrected chi connectivity index (χ4v) is 6.46.